The molecule has 0 spiro atoms. The minimum atomic E-state index is -0.883. The number of amides is 2. The number of Topliss-reactive ketones (excluding diaryl/α,β-unsaturated/α-hetero) is 1. The molecule has 1 aliphatic rings. The molecule has 2 amide bonds. The number of benzene rings is 1. The summed E-state index contributed by atoms with van der Waals surface area (Å²) in [5, 5.41) is 0.189. The number of nitrogens with zero attached hydrogens (tertiary/aromatic N) is 1. The third kappa shape index (κ3) is 1.66. The van der Waals surface area contributed by atoms with Crippen molar-refractivity contribution in [2.75, 3.05) is 4.90 Å². The van der Waals surface area contributed by atoms with Gasteiger partial charge in [-0.25, -0.2) is 5.84 Å². The van der Waals surface area contributed by atoms with Crippen molar-refractivity contribution in [2.24, 2.45) is 5.84 Å². The molecule has 18 heavy (non-hydrogen) atoms. The average Bonchev–Trinajstić information content (AvgIpc) is 2.61. The number of hydrogen-bond donors (Lipinski definition) is 2. The van der Waals surface area contributed by atoms with E-state index < -0.39 is 23.6 Å². The number of halogens is 1. The first-order valence-corrected chi connectivity index (χ1v) is 5.53. The minimum absolute atomic E-state index is 0.126. The average molecular weight is 268 g/mol. The number of nitrogens with one attached hydrogen (secondary N) is 1. The highest BCUT2D eigenvalue weighted by Gasteiger charge is 2.41. The Morgan fingerprint density at radius 1 is 1.44 bits per heavy atom. The number of hydrazine groups is 1. The number of nitrogens with two attached hydrogens (primary N) is 1. The van der Waals surface area contributed by atoms with Gasteiger partial charge in [0.1, 0.15) is 6.04 Å². The second kappa shape index (κ2) is 4.40. The number of ketones is 1. The Bertz CT molecular complexity index is 558. The Morgan fingerprint density at radius 3 is 2.72 bits per heavy atom. The first-order chi connectivity index (χ1) is 8.49. The lowest BCUT2D eigenvalue weighted by molar-refractivity contribution is -0.124. The monoisotopic (exact) mass is 267 g/mol. The Hall–Kier alpha value is -1.92. The summed E-state index contributed by atoms with van der Waals surface area (Å²) in [5.74, 6) is 2.96. The first kappa shape index (κ1) is 12.5. The van der Waals surface area contributed by atoms with Crippen LogP contribution >= 0.6 is 11.6 Å². The summed E-state index contributed by atoms with van der Waals surface area (Å²) in [4.78, 5) is 36.2. The van der Waals surface area contributed by atoms with E-state index in [1.807, 2.05) is 5.43 Å². The van der Waals surface area contributed by atoms with E-state index in [1.54, 1.807) is 12.1 Å². The van der Waals surface area contributed by atoms with Crippen molar-refractivity contribution >= 4 is 34.9 Å². The van der Waals surface area contributed by atoms with Gasteiger partial charge >= 0.3 is 0 Å². The SMILES string of the molecule is CC(C(=O)NN)N1C(=O)C(=O)c2c(Cl)cccc21. The van der Waals surface area contributed by atoms with E-state index in [2.05, 4.69) is 0 Å². The Balaban J connectivity index is 2.53. The zero-order chi connectivity index (χ0) is 13.4. The number of anilines is 1. The van der Waals surface area contributed by atoms with Crippen LogP contribution in [0.25, 0.3) is 0 Å². The molecule has 0 aromatic heterocycles. The van der Waals surface area contributed by atoms with Crippen LogP contribution in [0.5, 0.6) is 0 Å². The van der Waals surface area contributed by atoms with E-state index in [0.29, 0.717) is 5.69 Å². The zero-order valence-electron chi connectivity index (χ0n) is 9.44. The van der Waals surface area contributed by atoms with Crippen LogP contribution < -0.4 is 16.2 Å². The van der Waals surface area contributed by atoms with E-state index in [-0.39, 0.29) is 10.6 Å². The molecule has 0 bridgehead atoms. The van der Waals surface area contributed by atoms with E-state index in [4.69, 9.17) is 17.4 Å². The van der Waals surface area contributed by atoms with Gasteiger partial charge in [0.05, 0.1) is 16.3 Å². The van der Waals surface area contributed by atoms with E-state index in [9.17, 15) is 14.4 Å². The highest BCUT2D eigenvalue weighted by Crippen LogP contribution is 2.35. The van der Waals surface area contributed by atoms with Crippen molar-refractivity contribution in [3.8, 4) is 0 Å². The highest BCUT2D eigenvalue weighted by atomic mass is 35.5. The Labute approximate surface area is 108 Å². The molecule has 1 atom stereocenters. The molecule has 7 heteroatoms. The fourth-order valence-corrected chi connectivity index (χ4v) is 2.14. The molecule has 94 valence electrons. The van der Waals surface area contributed by atoms with Crippen molar-refractivity contribution in [3.63, 3.8) is 0 Å². The maximum Gasteiger partial charge on any atom is 0.300 e. The minimum Gasteiger partial charge on any atom is -0.292 e. The second-order valence-corrected chi connectivity index (χ2v) is 4.23. The van der Waals surface area contributed by atoms with E-state index in [1.165, 1.54) is 13.0 Å². The van der Waals surface area contributed by atoms with Gasteiger partial charge in [-0.15, -0.1) is 0 Å². The molecule has 1 aliphatic heterocycles. The van der Waals surface area contributed by atoms with Crippen LogP contribution in [0.15, 0.2) is 18.2 Å². The molecule has 1 aromatic rings. The third-order valence-corrected chi connectivity index (χ3v) is 3.12. The summed E-state index contributed by atoms with van der Waals surface area (Å²) in [7, 11) is 0. The van der Waals surface area contributed by atoms with E-state index >= 15 is 0 Å². The third-order valence-electron chi connectivity index (χ3n) is 2.80. The molecule has 0 aliphatic carbocycles. The van der Waals surface area contributed by atoms with Crippen LogP contribution in [0.4, 0.5) is 5.69 Å². The molecule has 0 saturated carbocycles. The molecule has 6 nitrogen and oxygen atoms in total. The lowest BCUT2D eigenvalue weighted by Crippen LogP contribution is -2.49. The quantitative estimate of drug-likeness (QED) is 0.348. The lowest BCUT2D eigenvalue weighted by Gasteiger charge is -2.22. The summed E-state index contributed by atoms with van der Waals surface area (Å²) in [5.41, 5.74) is 2.40. The van der Waals surface area contributed by atoms with Gasteiger partial charge in [0.15, 0.2) is 0 Å². The molecule has 1 unspecified atom stereocenters. The fourth-order valence-electron chi connectivity index (χ4n) is 1.89. The smallest absolute Gasteiger partial charge is 0.292 e. The maximum absolute atomic E-state index is 11.9. The van der Waals surface area contributed by atoms with Gasteiger partial charge in [-0.1, -0.05) is 17.7 Å². The van der Waals surface area contributed by atoms with Gasteiger partial charge in [-0.2, -0.15) is 0 Å². The van der Waals surface area contributed by atoms with Crippen LogP contribution in [-0.2, 0) is 9.59 Å². The number of hydrogen-bond acceptors (Lipinski definition) is 4. The number of rotatable bonds is 2. The van der Waals surface area contributed by atoms with Gasteiger partial charge < -0.3 is 0 Å². The Morgan fingerprint density at radius 2 is 2.11 bits per heavy atom. The largest absolute Gasteiger partial charge is 0.300 e. The van der Waals surface area contributed by atoms with Crippen molar-refractivity contribution in [2.45, 2.75) is 13.0 Å². The fraction of sp³-hybridized carbons (Fsp3) is 0.182. The van der Waals surface area contributed by atoms with Gasteiger partial charge in [0.2, 0.25) is 0 Å². The molecule has 3 N–H and O–H groups in total. The summed E-state index contributed by atoms with van der Waals surface area (Å²) in [6.07, 6.45) is 0. The number of carbonyl (C=O) groups is 3. The van der Waals surface area contributed by atoms with Crippen molar-refractivity contribution < 1.29 is 14.4 Å². The topological polar surface area (TPSA) is 92.5 Å². The molecule has 2 rings (SSSR count). The normalized spacial score (nSPS) is 15.6. The zero-order valence-corrected chi connectivity index (χ0v) is 10.2. The van der Waals surface area contributed by atoms with Crippen molar-refractivity contribution in [1.82, 2.24) is 5.43 Å². The van der Waals surface area contributed by atoms with Gasteiger partial charge in [-0.3, -0.25) is 24.7 Å². The van der Waals surface area contributed by atoms with Crippen LogP contribution in [0.1, 0.15) is 17.3 Å². The number of fused-ring (bicyclic) bond motifs is 1. The summed E-state index contributed by atoms with van der Waals surface area (Å²) >= 11 is 5.89. The lowest BCUT2D eigenvalue weighted by atomic mass is 10.1. The van der Waals surface area contributed by atoms with Crippen LogP contribution in [0, 0.1) is 0 Å². The van der Waals surface area contributed by atoms with Crippen molar-refractivity contribution in [3.05, 3.63) is 28.8 Å². The van der Waals surface area contributed by atoms with Crippen molar-refractivity contribution in [1.29, 1.82) is 0 Å². The predicted octanol–water partition coefficient (Wildman–Crippen LogP) is 0.248. The number of carbonyl (C=O) groups excluding carboxylic acids is 3. The molecule has 0 radical (unpaired) electrons. The first-order valence-electron chi connectivity index (χ1n) is 5.16. The van der Waals surface area contributed by atoms with Gasteiger partial charge in [0, 0.05) is 0 Å². The molecule has 1 aromatic carbocycles. The summed E-state index contributed by atoms with van der Waals surface area (Å²) in [6, 6.07) is 3.80. The Kier molecular flexibility index (Phi) is 3.06. The molecule has 1 heterocycles. The van der Waals surface area contributed by atoms with Gasteiger partial charge in [0.25, 0.3) is 17.6 Å². The highest BCUT2D eigenvalue weighted by molar-refractivity contribution is 6.55. The van der Waals surface area contributed by atoms with Crippen LogP contribution in [0.2, 0.25) is 5.02 Å². The molecule has 0 fully saturated rings. The van der Waals surface area contributed by atoms with Crippen LogP contribution in [0.3, 0.4) is 0 Å². The molecular formula is C11H10ClN3O3. The van der Waals surface area contributed by atoms with Gasteiger partial charge in [-0.05, 0) is 19.1 Å². The predicted molar refractivity (Wildman–Crippen MR) is 65.1 cm³/mol. The summed E-state index contributed by atoms with van der Waals surface area (Å²) < 4.78 is 0. The van der Waals surface area contributed by atoms with Crippen LogP contribution in [-0.4, -0.2) is 23.6 Å². The second-order valence-electron chi connectivity index (χ2n) is 3.82. The van der Waals surface area contributed by atoms with E-state index in [0.717, 1.165) is 4.90 Å². The maximum atomic E-state index is 11.9. The standard InChI is InChI=1S/C11H10ClN3O3/c1-5(10(17)14-13)15-7-4-2-3-6(12)8(7)9(16)11(15)18/h2-5H,13H2,1H3,(H,14,17). The summed E-state index contributed by atoms with van der Waals surface area (Å²) in [6.45, 7) is 1.48. The molecular weight excluding hydrogens is 258 g/mol. The molecule has 0 saturated heterocycles.